The van der Waals surface area contributed by atoms with Crippen molar-refractivity contribution in [2.45, 2.75) is 50.6 Å². The molecule has 2 heterocycles. The lowest BCUT2D eigenvalue weighted by Gasteiger charge is -2.31. The molecule has 1 aromatic rings. The van der Waals surface area contributed by atoms with Crippen molar-refractivity contribution >= 4 is 11.7 Å². The summed E-state index contributed by atoms with van der Waals surface area (Å²) < 4.78 is 1.96. The molecule has 1 aliphatic carbocycles. The number of amides is 1. The number of anilines is 1. The Morgan fingerprint density at radius 2 is 2.00 bits per heavy atom. The van der Waals surface area contributed by atoms with Gasteiger partial charge in [0.2, 0.25) is 5.91 Å². The zero-order valence-corrected chi connectivity index (χ0v) is 12.5. The second-order valence-corrected chi connectivity index (χ2v) is 6.28. The third-order valence-electron chi connectivity index (χ3n) is 4.65. The highest BCUT2D eigenvalue weighted by Gasteiger charge is 2.23. The van der Waals surface area contributed by atoms with Gasteiger partial charge in [-0.05, 0) is 31.7 Å². The fraction of sp³-hybridized carbons (Fsp3) is 0.733. The van der Waals surface area contributed by atoms with Crippen molar-refractivity contribution in [1.82, 2.24) is 20.0 Å². The molecule has 21 heavy (non-hydrogen) atoms. The van der Waals surface area contributed by atoms with Gasteiger partial charge >= 0.3 is 0 Å². The summed E-state index contributed by atoms with van der Waals surface area (Å²) in [4.78, 5) is 14.3. The van der Waals surface area contributed by atoms with E-state index in [-0.39, 0.29) is 5.91 Å². The molecule has 1 saturated carbocycles. The van der Waals surface area contributed by atoms with Gasteiger partial charge in [0, 0.05) is 25.3 Å². The maximum absolute atomic E-state index is 12.0. The third kappa shape index (κ3) is 3.75. The average Bonchev–Trinajstić information content (AvgIpc) is 3.11. The minimum Gasteiger partial charge on any atom is -0.382 e. The first-order chi connectivity index (χ1) is 10.2. The molecule has 3 N–H and O–H groups in total. The molecule has 3 rings (SSSR count). The molecule has 0 unspecified atom stereocenters. The monoisotopic (exact) mass is 291 g/mol. The summed E-state index contributed by atoms with van der Waals surface area (Å²) in [5.74, 6) is 0.761. The summed E-state index contributed by atoms with van der Waals surface area (Å²) in [6.07, 6.45) is 8.80. The molecular formula is C15H25N5O. The van der Waals surface area contributed by atoms with Crippen LogP contribution in [0.2, 0.25) is 0 Å². The maximum atomic E-state index is 12.0. The number of nitrogens with one attached hydrogen (secondary N) is 1. The normalized spacial score (nSPS) is 21.7. The Hall–Kier alpha value is -1.56. The van der Waals surface area contributed by atoms with Crippen LogP contribution in [0.3, 0.4) is 0 Å². The fourth-order valence-corrected chi connectivity index (χ4v) is 3.44. The number of likely N-dealkylation sites (tertiary alicyclic amines) is 1. The molecule has 0 spiro atoms. The van der Waals surface area contributed by atoms with E-state index in [1.54, 1.807) is 0 Å². The van der Waals surface area contributed by atoms with E-state index in [0.29, 0.717) is 24.4 Å². The molecule has 6 heteroatoms. The van der Waals surface area contributed by atoms with E-state index in [0.717, 1.165) is 38.8 Å². The van der Waals surface area contributed by atoms with Gasteiger partial charge in [-0.3, -0.25) is 14.4 Å². The van der Waals surface area contributed by atoms with Crippen LogP contribution in [-0.2, 0) is 4.79 Å². The Bertz CT molecular complexity index is 472. The SMILES string of the molecule is Nc1ccn(C2CCN(CC(=O)NC3CCCC3)CC2)n1. The Morgan fingerprint density at radius 3 is 2.62 bits per heavy atom. The van der Waals surface area contributed by atoms with Crippen molar-refractivity contribution in [3.63, 3.8) is 0 Å². The van der Waals surface area contributed by atoms with Gasteiger partial charge in [-0.15, -0.1) is 0 Å². The van der Waals surface area contributed by atoms with Crippen LogP contribution in [0, 0.1) is 0 Å². The lowest BCUT2D eigenvalue weighted by atomic mass is 10.1. The van der Waals surface area contributed by atoms with Crippen LogP contribution in [0.25, 0.3) is 0 Å². The molecule has 0 atom stereocenters. The highest BCUT2D eigenvalue weighted by molar-refractivity contribution is 5.78. The van der Waals surface area contributed by atoms with E-state index < -0.39 is 0 Å². The van der Waals surface area contributed by atoms with E-state index in [2.05, 4.69) is 15.3 Å². The number of rotatable bonds is 4. The molecule has 2 aliphatic rings. The molecule has 2 fully saturated rings. The third-order valence-corrected chi connectivity index (χ3v) is 4.65. The number of aromatic nitrogens is 2. The summed E-state index contributed by atoms with van der Waals surface area (Å²) in [6.45, 7) is 2.43. The number of nitrogen functional groups attached to an aromatic ring is 1. The topological polar surface area (TPSA) is 76.2 Å². The number of carbonyl (C=O) groups excluding carboxylic acids is 1. The number of piperidine rings is 1. The predicted octanol–water partition coefficient (Wildman–Crippen LogP) is 1.16. The highest BCUT2D eigenvalue weighted by Crippen LogP contribution is 2.22. The van der Waals surface area contributed by atoms with Gasteiger partial charge in [-0.2, -0.15) is 5.10 Å². The van der Waals surface area contributed by atoms with E-state index in [4.69, 9.17) is 5.73 Å². The van der Waals surface area contributed by atoms with Gasteiger partial charge in [0.1, 0.15) is 5.82 Å². The zero-order chi connectivity index (χ0) is 14.7. The smallest absolute Gasteiger partial charge is 0.234 e. The summed E-state index contributed by atoms with van der Waals surface area (Å²) in [7, 11) is 0. The molecule has 1 saturated heterocycles. The lowest BCUT2D eigenvalue weighted by molar-refractivity contribution is -0.123. The van der Waals surface area contributed by atoms with Crippen LogP contribution in [0.1, 0.15) is 44.6 Å². The number of carbonyl (C=O) groups is 1. The first-order valence-electron chi connectivity index (χ1n) is 8.03. The number of hydrogen-bond acceptors (Lipinski definition) is 4. The lowest BCUT2D eigenvalue weighted by Crippen LogP contribution is -2.44. The number of nitrogens with two attached hydrogens (primary N) is 1. The molecule has 0 aromatic carbocycles. The molecule has 116 valence electrons. The van der Waals surface area contributed by atoms with Crippen LogP contribution < -0.4 is 11.1 Å². The molecule has 0 bridgehead atoms. The maximum Gasteiger partial charge on any atom is 0.234 e. The highest BCUT2D eigenvalue weighted by atomic mass is 16.2. The second kappa shape index (κ2) is 6.47. The van der Waals surface area contributed by atoms with Crippen molar-refractivity contribution in [2.24, 2.45) is 0 Å². The van der Waals surface area contributed by atoms with Crippen molar-refractivity contribution in [3.05, 3.63) is 12.3 Å². The zero-order valence-electron chi connectivity index (χ0n) is 12.5. The minimum atomic E-state index is 0.184. The molecular weight excluding hydrogens is 266 g/mol. The standard InChI is InChI=1S/C15H25N5O/c16-14-7-10-20(18-14)13-5-8-19(9-6-13)11-15(21)17-12-3-1-2-4-12/h7,10,12-13H,1-6,8-9,11H2,(H2,16,18)(H,17,21). The largest absolute Gasteiger partial charge is 0.382 e. The van der Waals surface area contributed by atoms with Gasteiger partial charge in [-0.1, -0.05) is 12.8 Å². The van der Waals surface area contributed by atoms with Crippen molar-refractivity contribution in [1.29, 1.82) is 0 Å². The summed E-state index contributed by atoms with van der Waals surface area (Å²) in [5.41, 5.74) is 5.66. The molecule has 6 nitrogen and oxygen atoms in total. The first-order valence-corrected chi connectivity index (χ1v) is 8.03. The van der Waals surface area contributed by atoms with E-state index in [9.17, 15) is 4.79 Å². The van der Waals surface area contributed by atoms with Crippen molar-refractivity contribution in [2.75, 3.05) is 25.4 Å². The number of hydrogen-bond donors (Lipinski definition) is 2. The van der Waals surface area contributed by atoms with Crippen molar-refractivity contribution in [3.8, 4) is 0 Å². The van der Waals surface area contributed by atoms with Crippen molar-refractivity contribution < 1.29 is 4.79 Å². The average molecular weight is 291 g/mol. The van der Waals surface area contributed by atoms with Crippen LogP contribution in [-0.4, -0.2) is 46.3 Å². The van der Waals surface area contributed by atoms with Crippen LogP contribution in [0.4, 0.5) is 5.82 Å². The second-order valence-electron chi connectivity index (χ2n) is 6.28. The van der Waals surface area contributed by atoms with Gasteiger partial charge in [0.25, 0.3) is 0 Å². The molecule has 0 radical (unpaired) electrons. The van der Waals surface area contributed by atoms with Crippen LogP contribution >= 0.6 is 0 Å². The van der Waals surface area contributed by atoms with Gasteiger partial charge < -0.3 is 11.1 Å². The summed E-state index contributed by atoms with van der Waals surface area (Å²) in [5, 5.41) is 7.44. The Labute approximate surface area is 125 Å². The summed E-state index contributed by atoms with van der Waals surface area (Å²) >= 11 is 0. The molecule has 1 aromatic heterocycles. The van der Waals surface area contributed by atoms with E-state index >= 15 is 0 Å². The quantitative estimate of drug-likeness (QED) is 0.873. The Balaban J connectivity index is 1.42. The predicted molar refractivity (Wildman–Crippen MR) is 81.7 cm³/mol. The van der Waals surface area contributed by atoms with E-state index in [1.807, 2.05) is 16.9 Å². The molecule has 1 aliphatic heterocycles. The minimum absolute atomic E-state index is 0.184. The first kappa shape index (κ1) is 14.4. The van der Waals surface area contributed by atoms with Gasteiger partial charge in [0.05, 0.1) is 12.6 Å². The Morgan fingerprint density at radius 1 is 1.29 bits per heavy atom. The van der Waals surface area contributed by atoms with Crippen LogP contribution in [0.15, 0.2) is 12.3 Å². The molecule has 1 amide bonds. The Kier molecular flexibility index (Phi) is 4.43. The van der Waals surface area contributed by atoms with E-state index in [1.165, 1.54) is 12.8 Å². The number of nitrogens with zero attached hydrogens (tertiary/aromatic N) is 3. The fourth-order valence-electron chi connectivity index (χ4n) is 3.44. The van der Waals surface area contributed by atoms with Gasteiger partial charge in [0.15, 0.2) is 0 Å². The van der Waals surface area contributed by atoms with Crippen LogP contribution in [0.5, 0.6) is 0 Å². The summed E-state index contributed by atoms with van der Waals surface area (Å²) in [6, 6.07) is 2.67. The van der Waals surface area contributed by atoms with Gasteiger partial charge in [-0.25, -0.2) is 0 Å².